The van der Waals surface area contributed by atoms with Gasteiger partial charge in [0.05, 0.1) is 12.7 Å². The number of rotatable bonds is 2. The summed E-state index contributed by atoms with van der Waals surface area (Å²) in [7, 11) is 0. The molecule has 0 bridgehead atoms. The molecule has 0 saturated heterocycles. The van der Waals surface area contributed by atoms with Gasteiger partial charge in [0.25, 0.3) is 0 Å². The van der Waals surface area contributed by atoms with Gasteiger partial charge in [-0.25, -0.2) is 4.79 Å². The first-order valence-corrected chi connectivity index (χ1v) is 12.5. The quantitative estimate of drug-likeness (QED) is 0.304. The highest BCUT2D eigenvalue weighted by atomic mass is 127. The number of hydrogen-bond acceptors (Lipinski definition) is 4. The number of hydrogen-bond donors (Lipinski definition) is 2. The van der Waals surface area contributed by atoms with E-state index in [1.807, 2.05) is 42.5 Å². The van der Waals surface area contributed by atoms with E-state index in [1.54, 1.807) is 6.07 Å². The summed E-state index contributed by atoms with van der Waals surface area (Å²) in [4.78, 5) is 12.8. The third-order valence-corrected chi connectivity index (χ3v) is 8.46. The molecule has 1 heterocycles. The molecule has 0 fully saturated rings. The maximum Gasteiger partial charge on any atom is 0.339 e. The first-order chi connectivity index (χ1) is 13.3. The summed E-state index contributed by atoms with van der Waals surface area (Å²) >= 11 is 8.44. The third-order valence-electron chi connectivity index (χ3n) is 4.92. The van der Waals surface area contributed by atoms with Crippen molar-refractivity contribution < 1.29 is 19.7 Å². The molecule has 2 N–H and O–H groups in total. The van der Waals surface area contributed by atoms with E-state index >= 15 is 0 Å². The zero-order chi connectivity index (χ0) is 20.2. The number of fused-ring (bicyclic) bond motifs is 1. The lowest BCUT2D eigenvalue weighted by molar-refractivity contribution is -0.000637. The zero-order valence-corrected chi connectivity index (χ0v) is 22.6. The molecule has 1 unspecified atom stereocenters. The normalized spacial score (nSPS) is 26.4. The summed E-state index contributed by atoms with van der Waals surface area (Å²) < 4.78 is 9.08. The fourth-order valence-corrected chi connectivity index (χ4v) is 7.43. The highest BCUT2D eigenvalue weighted by Gasteiger charge is 2.52. The van der Waals surface area contributed by atoms with Crippen molar-refractivity contribution in [3.05, 3.63) is 79.5 Å². The van der Waals surface area contributed by atoms with Gasteiger partial charge >= 0.3 is 5.97 Å². The molecule has 4 nitrogen and oxygen atoms in total. The fraction of sp³-hybridized carbons (Fsp3) is 0.150. The van der Waals surface area contributed by atoms with E-state index in [4.69, 9.17) is 4.74 Å². The summed E-state index contributed by atoms with van der Waals surface area (Å²) in [5, 5.41) is 20.6. The van der Waals surface area contributed by atoms with E-state index in [0.29, 0.717) is 12.7 Å². The van der Waals surface area contributed by atoms with Crippen molar-refractivity contribution >= 4 is 96.3 Å². The van der Waals surface area contributed by atoms with Crippen LogP contribution in [0.1, 0.15) is 21.5 Å². The lowest BCUT2D eigenvalue weighted by Crippen LogP contribution is -2.37. The van der Waals surface area contributed by atoms with Gasteiger partial charge in [0.15, 0.2) is 5.60 Å². The summed E-state index contributed by atoms with van der Waals surface area (Å²) in [5.41, 5.74) is 1.06. The molecule has 1 atom stereocenters. The van der Waals surface area contributed by atoms with Crippen LogP contribution in [0.5, 0.6) is 5.75 Å². The van der Waals surface area contributed by atoms with Gasteiger partial charge in [-0.05, 0) is 109 Å². The van der Waals surface area contributed by atoms with Crippen LogP contribution in [0.25, 0.3) is 0 Å². The van der Waals surface area contributed by atoms with Crippen LogP contribution >= 0.6 is 90.4 Å². The molecule has 0 radical (unpaired) electrons. The summed E-state index contributed by atoms with van der Waals surface area (Å²) in [5.74, 6) is -0.447. The maximum atomic E-state index is 12.8. The predicted octanol–water partition coefficient (Wildman–Crippen LogP) is 5.64. The Hall–Kier alpha value is 0.0700. The predicted molar refractivity (Wildman–Crippen MR) is 140 cm³/mol. The van der Waals surface area contributed by atoms with E-state index in [1.165, 1.54) is 0 Å². The Bertz CT molecular complexity index is 1020. The topological polar surface area (TPSA) is 66.8 Å². The monoisotopic (exact) mass is 824 g/mol. The van der Waals surface area contributed by atoms with Crippen LogP contribution in [0.15, 0.2) is 55.7 Å². The third kappa shape index (κ3) is 3.34. The summed E-state index contributed by atoms with van der Waals surface area (Å²) in [6, 6.07) is 11.1. The number of aromatic hydroxyl groups is 1. The maximum absolute atomic E-state index is 12.8. The smallest absolute Gasteiger partial charge is 0.339 e. The van der Waals surface area contributed by atoms with Crippen molar-refractivity contribution in [2.24, 2.45) is 5.92 Å². The average Bonchev–Trinajstić information content (AvgIpc) is 2.97. The number of aliphatic hydroxyl groups is 1. The van der Waals surface area contributed by atoms with Gasteiger partial charge in [-0.15, -0.1) is 0 Å². The number of cyclic esters (lactones) is 1. The summed E-state index contributed by atoms with van der Waals surface area (Å²) in [6.07, 6.45) is 3.26. The molecule has 4 rings (SSSR count). The van der Waals surface area contributed by atoms with Crippen LogP contribution in [-0.2, 0) is 10.3 Å². The minimum Gasteiger partial charge on any atom is -0.506 e. The molecule has 1 aliphatic heterocycles. The van der Waals surface area contributed by atoms with Gasteiger partial charge in [0, 0.05) is 24.2 Å². The molecule has 2 aliphatic rings. The van der Waals surface area contributed by atoms with Crippen LogP contribution in [0, 0.1) is 13.1 Å². The van der Waals surface area contributed by atoms with E-state index in [0.717, 1.165) is 18.3 Å². The zero-order valence-electron chi connectivity index (χ0n) is 14.0. The Balaban J connectivity index is 2.04. The van der Waals surface area contributed by atoms with Crippen LogP contribution in [0.4, 0.5) is 0 Å². The lowest BCUT2D eigenvalue weighted by Gasteiger charge is -2.37. The van der Waals surface area contributed by atoms with Crippen LogP contribution in [0.3, 0.4) is 0 Å². The van der Waals surface area contributed by atoms with Gasteiger partial charge in [-0.2, -0.15) is 0 Å². The van der Waals surface area contributed by atoms with Gasteiger partial charge < -0.3 is 14.9 Å². The molecule has 0 amide bonds. The second-order valence-electron chi connectivity index (χ2n) is 6.49. The number of aliphatic hydroxyl groups excluding tert-OH is 1. The van der Waals surface area contributed by atoms with E-state index < -0.39 is 11.7 Å². The second-order valence-corrected chi connectivity index (χ2v) is 11.3. The first kappa shape index (κ1) is 21.3. The van der Waals surface area contributed by atoms with Crippen molar-refractivity contribution in [1.29, 1.82) is 0 Å². The van der Waals surface area contributed by atoms with E-state index in [-0.39, 0.29) is 17.6 Å². The second kappa shape index (κ2) is 7.96. The number of phenols is 1. The van der Waals surface area contributed by atoms with Gasteiger partial charge in [-0.3, -0.25) is 0 Å². The first-order valence-electron chi connectivity index (χ1n) is 8.19. The number of phenolic OH excluding ortho intramolecular Hbond substituents is 1. The van der Waals surface area contributed by atoms with Gasteiger partial charge in [0.2, 0.25) is 0 Å². The lowest BCUT2D eigenvalue weighted by atomic mass is 9.74. The Kier molecular flexibility index (Phi) is 6.06. The van der Waals surface area contributed by atoms with Crippen molar-refractivity contribution in [1.82, 2.24) is 0 Å². The Morgan fingerprint density at radius 3 is 2.14 bits per heavy atom. The van der Waals surface area contributed by atoms with Gasteiger partial charge in [-0.1, -0.05) is 30.4 Å². The molecular weight excluding hydrogens is 812 g/mol. The Morgan fingerprint density at radius 1 is 0.964 bits per heavy atom. The van der Waals surface area contributed by atoms with E-state index in [9.17, 15) is 15.0 Å². The molecule has 1 aliphatic carbocycles. The van der Waals surface area contributed by atoms with Crippen LogP contribution < -0.4 is 0 Å². The SMILES string of the molecule is O=C1OC(c2cc(I)c(O)c(I)c2)(C2C=C(I)C(O)C(I)=C2)c2ccccc21. The highest BCUT2D eigenvalue weighted by molar-refractivity contribution is 14.1. The van der Waals surface area contributed by atoms with E-state index in [2.05, 4.69) is 90.4 Å². The molecular formula is C20H12I4O4. The average molecular weight is 824 g/mol. The standard InChI is InChI=1S/C20H12I4O4/c21-13-5-9(6-14(22)17(13)25)20(10-7-15(23)18(26)16(24)8-10)12-4-2-1-3-11(12)19(27)28-20/h1-9,17,25-26H. The molecule has 0 spiro atoms. The highest BCUT2D eigenvalue weighted by Crippen LogP contribution is 2.52. The molecule has 0 aromatic heterocycles. The number of benzene rings is 2. The van der Waals surface area contributed by atoms with Crippen molar-refractivity contribution in [3.8, 4) is 5.75 Å². The Morgan fingerprint density at radius 2 is 1.54 bits per heavy atom. The number of carbonyl (C=O) groups excluding carboxylic acids is 1. The van der Waals surface area contributed by atoms with Crippen molar-refractivity contribution in [3.63, 3.8) is 0 Å². The Labute approximate surface area is 216 Å². The molecule has 8 heteroatoms. The van der Waals surface area contributed by atoms with Crippen molar-refractivity contribution in [2.75, 3.05) is 0 Å². The minimum atomic E-state index is -1.06. The number of carbonyl (C=O) groups is 1. The summed E-state index contributed by atoms with van der Waals surface area (Å²) in [6.45, 7) is 0. The number of halogens is 4. The molecule has 28 heavy (non-hydrogen) atoms. The molecule has 144 valence electrons. The minimum absolute atomic E-state index is 0.215. The van der Waals surface area contributed by atoms with Crippen LogP contribution in [0.2, 0.25) is 0 Å². The number of ether oxygens (including phenoxy) is 1. The number of esters is 1. The molecule has 2 aromatic carbocycles. The largest absolute Gasteiger partial charge is 0.506 e. The fourth-order valence-electron chi connectivity index (χ4n) is 3.62. The van der Waals surface area contributed by atoms with Crippen LogP contribution in [-0.4, -0.2) is 22.3 Å². The molecule has 2 aromatic rings. The van der Waals surface area contributed by atoms with Crippen molar-refractivity contribution in [2.45, 2.75) is 11.7 Å². The van der Waals surface area contributed by atoms with Gasteiger partial charge in [0.1, 0.15) is 11.9 Å². The molecule has 0 saturated carbocycles.